The van der Waals surface area contributed by atoms with E-state index >= 15 is 0 Å². The Balaban J connectivity index is 2.33. The highest BCUT2D eigenvalue weighted by atomic mass is 32.2. The highest BCUT2D eigenvalue weighted by molar-refractivity contribution is 7.90. The van der Waals surface area contributed by atoms with Crippen LogP contribution in [0.5, 0.6) is 0 Å². The number of carboxylic acid groups (broad SMARTS) is 2. The number of unbranched alkanes of at least 4 members (excludes halogenated alkanes) is 1. The zero-order valence-electron chi connectivity index (χ0n) is 27.1. The van der Waals surface area contributed by atoms with Gasteiger partial charge in [-0.05, 0) is 49.5 Å². The number of ketones is 1. The molecule has 0 fully saturated rings. The summed E-state index contributed by atoms with van der Waals surface area (Å²) >= 11 is 0. The number of Topliss-reactive ketones (excluding diaryl/α,β-unsaturated/α-hetero) is 1. The molecule has 1 heterocycles. The number of nitrogens with zero attached hydrogens (tertiary/aromatic N) is 3. The standard InChI is InChI=1S/C27H44N8O13S/c1-18(36)17-48-15-14-47-13-12-28-22(37)10-8-19(26(41)42)30-24(39)11-9-20(27(43)44)29-23(38)7-4-16-49(45,46)33-25(40)6-3-2-5-21-31-34-35-32-21/h19-20H,2-17H2,1H3,(H,28,37)(H,29,38)(H,30,39)(H,33,40)(H,41,42)(H,43,44)(H,31,32,34,35)/t19-,20-/m0/s1. The number of sulfonamides is 1. The van der Waals surface area contributed by atoms with Gasteiger partial charge in [0.25, 0.3) is 0 Å². The van der Waals surface area contributed by atoms with Gasteiger partial charge in [-0.15, -0.1) is 5.10 Å². The number of tetrazole rings is 1. The number of aliphatic carboxylic acids is 2. The minimum Gasteiger partial charge on any atom is -0.480 e. The highest BCUT2D eigenvalue weighted by Crippen LogP contribution is 2.05. The van der Waals surface area contributed by atoms with Gasteiger partial charge in [0.05, 0.1) is 25.6 Å². The maximum Gasteiger partial charge on any atom is 0.326 e. The number of carbonyl (C=O) groups is 7. The Bertz CT molecular complexity index is 1340. The van der Waals surface area contributed by atoms with E-state index in [2.05, 4.69) is 36.6 Å². The van der Waals surface area contributed by atoms with Gasteiger partial charge in [0.2, 0.25) is 33.7 Å². The van der Waals surface area contributed by atoms with Crippen LogP contribution in [0.15, 0.2) is 0 Å². The predicted octanol–water partition coefficient (Wildman–Crippen LogP) is -2.42. The lowest BCUT2D eigenvalue weighted by molar-refractivity contribution is -0.143. The van der Waals surface area contributed by atoms with Crippen LogP contribution in [0.3, 0.4) is 0 Å². The van der Waals surface area contributed by atoms with E-state index in [1.165, 1.54) is 6.92 Å². The Hall–Kier alpha value is -4.57. The molecule has 276 valence electrons. The van der Waals surface area contributed by atoms with E-state index in [4.69, 9.17) is 9.47 Å². The smallest absolute Gasteiger partial charge is 0.326 e. The summed E-state index contributed by atoms with van der Waals surface area (Å²) in [6.07, 6.45) is -0.642. The first-order valence-corrected chi connectivity index (χ1v) is 17.1. The average molecular weight is 721 g/mol. The lowest BCUT2D eigenvalue weighted by Gasteiger charge is -2.17. The second kappa shape index (κ2) is 23.7. The lowest BCUT2D eigenvalue weighted by atomic mass is 10.1. The van der Waals surface area contributed by atoms with Crippen LogP contribution < -0.4 is 20.7 Å². The maximum absolute atomic E-state index is 12.3. The first-order valence-electron chi connectivity index (χ1n) is 15.4. The van der Waals surface area contributed by atoms with Crippen LogP contribution in [-0.2, 0) is 59.5 Å². The summed E-state index contributed by atoms with van der Waals surface area (Å²) < 4.78 is 36.5. The van der Waals surface area contributed by atoms with Gasteiger partial charge in [0.15, 0.2) is 5.78 Å². The Labute approximate surface area is 282 Å². The maximum atomic E-state index is 12.3. The van der Waals surface area contributed by atoms with Crippen molar-refractivity contribution in [2.24, 2.45) is 0 Å². The quantitative estimate of drug-likeness (QED) is 0.0443. The molecule has 0 saturated heterocycles. The van der Waals surface area contributed by atoms with Crippen molar-refractivity contribution in [3.63, 3.8) is 0 Å². The molecule has 1 aromatic rings. The Kier molecular flexibility index (Phi) is 20.5. The molecule has 0 aliphatic rings. The second-order valence-electron chi connectivity index (χ2n) is 10.7. The minimum absolute atomic E-state index is 0.0219. The molecule has 0 saturated carbocycles. The van der Waals surface area contributed by atoms with Crippen molar-refractivity contribution in [2.75, 3.05) is 38.7 Å². The molecule has 21 nitrogen and oxygen atoms in total. The van der Waals surface area contributed by atoms with Crippen LogP contribution in [0, 0.1) is 0 Å². The number of H-pyrrole nitrogens is 1. The van der Waals surface area contributed by atoms with E-state index in [1.54, 1.807) is 0 Å². The fourth-order valence-electron chi connectivity index (χ4n) is 3.95. The van der Waals surface area contributed by atoms with Crippen molar-refractivity contribution in [1.29, 1.82) is 0 Å². The summed E-state index contributed by atoms with van der Waals surface area (Å²) in [6, 6.07) is -2.97. The fourth-order valence-corrected chi connectivity index (χ4v) is 5.02. The van der Waals surface area contributed by atoms with Gasteiger partial charge in [-0.3, -0.25) is 28.7 Å². The number of amides is 4. The third kappa shape index (κ3) is 21.8. The number of nitrogens with one attached hydrogen (secondary N) is 5. The topological polar surface area (TPSA) is 315 Å². The van der Waals surface area contributed by atoms with Crippen LogP contribution in [0.25, 0.3) is 0 Å². The zero-order valence-corrected chi connectivity index (χ0v) is 27.9. The van der Waals surface area contributed by atoms with E-state index in [9.17, 15) is 52.2 Å². The summed E-state index contributed by atoms with van der Waals surface area (Å²) in [7, 11) is -4.04. The third-order valence-electron chi connectivity index (χ3n) is 6.38. The number of ether oxygens (including phenoxy) is 2. The number of rotatable bonds is 28. The number of hydrogen-bond acceptors (Lipinski definition) is 14. The van der Waals surface area contributed by atoms with Gasteiger partial charge in [0, 0.05) is 38.6 Å². The van der Waals surface area contributed by atoms with Gasteiger partial charge < -0.3 is 35.6 Å². The van der Waals surface area contributed by atoms with Crippen LogP contribution in [-0.4, -0.2) is 131 Å². The molecule has 22 heteroatoms. The molecule has 0 unspecified atom stereocenters. The van der Waals surface area contributed by atoms with Gasteiger partial charge in [-0.25, -0.2) is 23.1 Å². The fraction of sp³-hybridized carbons (Fsp3) is 0.704. The summed E-state index contributed by atoms with van der Waals surface area (Å²) in [5.74, 6) is -5.89. The van der Waals surface area contributed by atoms with E-state index in [-0.39, 0.29) is 70.9 Å². The normalized spacial score (nSPS) is 12.3. The molecule has 4 amide bonds. The molecule has 0 bridgehead atoms. The molecule has 1 aromatic heterocycles. The number of aryl methyl sites for hydroxylation is 1. The lowest BCUT2D eigenvalue weighted by Crippen LogP contribution is -2.44. The predicted molar refractivity (Wildman–Crippen MR) is 166 cm³/mol. The van der Waals surface area contributed by atoms with Gasteiger partial charge in [0.1, 0.15) is 24.5 Å². The molecule has 0 aliphatic heterocycles. The third-order valence-corrected chi connectivity index (χ3v) is 7.74. The molecular weight excluding hydrogens is 676 g/mol. The largest absolute Gasteiger partial charge is 0.480 e. The van der Waals surface area contributed by atoms with Gasteiger partial charge in [-0.2, -0.15) is 0 Å². The molecule has 2 atom stereocenters. The van der Waals surface area contributed by atoms with Crippen molar-refractivity contribution in [2.45, 2.75) is 83.2 Å². The number of carboxylic acids is 2. The van der Waals surface area contributed by atoms with Crippen molar-refractivity contribution in [1.82, 2.24) is 41.3 Å². The Morgan fingerprint density at radius 2 is 1.37 bits per heavy atom. The first kappa shape index (κ1) is 42.5. The summed E-state index contributed by atoms with van der Waals surface area (Å²) in [4.78, 5) is 82.5. The monoisotopic (exact) mass is 720 g/mol. The average Bonchev–Trinajstić information content (AvgIpc) is 3.53. The molecule has 7 N–H and O–H groups in total. The van der Waals surface area contributed by atoms with Crippen LogP contribution in [0.2, 0.25) is 0 Å². The van der Waals surface area contributed by atoms with Crippen molar-refractivity contribution in [3.8, 4) is 0 Å². The number of aromatic nitrogens is 4. The number of aromatic amines is 1. The summed E-state index contributed by atoms with van der Waals surface area (Å²) in [6.45, 7) is 2.06. The molecule has 1 rings (SSSR count). The minimum atomic E-state index is -4.04. The zero-order chi connectivity index (χ0) is 36.7. The first-order chi connectivity index (χ1) is 23.2. The highest BCUT2D eigenvalue weighted by Gasteiger charge is 2.25. The van der Waals surface area contributed by atoms with Crippen molar-refractivity contribution in [3.05, 3.63) is 5.82 Å². The van der Waals surface area contributed by atoms with Crippen molar-refractivity contribution < 1.29 is 61.7 Å². The number of hydrogen-bond donors (Lipinski definition) is 7. The molecular formula is C27H44N8O13S. The summed E-state index contributed by atoms with van der Waals surface area (Å²) in [5, 5.41) is 38.9. The second-order valence-corrected chi connectivity index (χ2v) is 12.6. The van der Waals surface area contributed by atoms with Crippen LogP contribution in [0.4, 0.5) is 0 Å². The van der Waals surface area contributed by atoms with E-state index in [0.29, 0.717) is 25.1 Å². The summed E-state index contributed by atoms with van der Waals surface area (Å²) in [5.41, 5.74) is 0. The molecule has 49 heavy (non-hydrogen) atoms. The molecule has 0 aromatic carbocycles. The van der Waals surface area contributed by atoms with E-state index < -0.39 is 76.3 Å². The molecule has 0 aliphatic carbocycles. The van der Waals surface area contributed by atoms with Gasteiger partial charge in [-0.1, -0.05) is 0 Å². The number of carbonyl (C=O) groups excluding carboxylic acids is 5. The molecule has 0 spiro atoms. The Morgan fingerprint density at radius 3 is 1.96 bits per heavy atom. The van der Waals surface area contributed by atoms with Crippen LogP contribution in [0.1, 0.15) is 70.5 Å². The SMILES string of the molecule is CC(=O)COCCOCCNC(=O)CC[C@H](NC(=O)CC[C@H](NC(=O)CCCS(=O)(=O)NC(=O)CCCCc1nnn[nH]1)C(=O)O)C(=O)O. The molecule has 0 radical (unpaired) electrons. The van der Waals surface area contributed by atoms with Crippen LogP contribution >= 0.6 is 0 Å². The van der Waals surface area contributed by atoms with Gasteiger partial charge >= 0.3 is 11.9 Å². The Morgan fingerprint density at radius 1 is 0.776 bits per heavy atom. The van der Waals surface area contributed by atoms with E-state index in [0.717, 1.165) is 0 Å². The van der Waals surface area contributed by atoms with Crippen molar-refractivity contribution >= 4 is 51.4 Å². The van der Waals surface area contributed by atoms with E-state index in [1.807, 2.05) is 4.72 Å².